The predicted octanol–water partition coefficient (Wildman–Crippen LogP) is 2.67. The number of hydrogen-bond donors (Lipinski definition) is 6. The van der Waals surface area contributed by atoms with Crippen molar-refractivity contribution in [2.45, 2.75) is 161 Å². The first-order valence-electron chi connectivity index (χ1n) is 24.3. The second kappa shape index (κ2) is 43.0. The molecule has 0 fully saturated rings. The van der Waals surface area contributed by atoms with Crippen molar-refractivity contribution in [1.29, 1.82) is 0 Å². The van der Waals surface area contributed by atoms with Crippen molar-refractivity contribution in [3.8, 4) is 0 Å². The molecular formula is C46H84N6O15. The van der Waals surface area contributed by atoms with Gasteiger partial charge in [0.2, 0.25) is 12.2 Å². The predicted molar refractivity (Wildman–Crippen MR) is 249 cm³/mol. The van der Waals surface area contributed by atoms with Crippen LogP contribution >= 0.6 is 0 Å². The van der Waals surface area contributed by atoms with Crippen LogP contribution in [0.5, 0.6) is 0 Å². The van der Waals surface area contributed by atoms with Crippen LogP contribution in [0.15, 0.2) is 0 Å². The van der Waals surface area contributed by atoms with Crippen molar-refractivity contribution in [2.75, 3.05) is 86.0 Å². The number of methoxy groups -OCH3 is 1. The summed E-state index contributed by atoms with van der Waals surface area (Å²) in [5, 5.41) is 15.2. The van der Waals surface area contributed by atoms with Crippen molar-refractivity contribution in [1.82, 2.24) is 26.6 Å². The Labute approximate surface area is 397 Å². The number of nitrogens with two attached hydrogens (primary N) is 1. The summed E-state index contributed by atoms with van der Waals surface area (Å²) in [6.07, 6.45) is 1.01. The fourth-order valence-electron chi connectivity index (χ4n) is 6.29. The lowest BCUT2D eigenvalue weighted by Crippen LogP contribution is -2.58. The van der Waals surface area contributed by atoms with Gasteiger partial charge in [0.05, 0.1) is 13.2 Å². The number of amides is 2. The van der Waals surface area contributed by atoms with E-state index in [1.54, 1.807) is 7.11 Å². The molecule has 0 aromatic heterocycles. The van der Waals surface area contributed by atoms with Crippen LogP contribution in [0.3, 0.4) is 0 Å². The number of unbranched alkanes of at least 4 members (excludes halogenated alkanes) is 8. The van der Waals surface area contributed by atoms with Crippen molar-refractivity contribution in [2.24, 2.45) is 5.73 Å². The molecule has 0 rings (SSSR count). The Morgan fingerprint density at radius 1 is 0.478 bits per heavy atom. The molecule has 67 heavy (non-hydrogen) atoms. The van der Waals surface area contributed by atoms with Gasteiger partial charge in [0, 0.05) is 84.9 Å². The average Bonchev–Trinajstić information content (AvgIpc) is 3.32. The maximum Gasteiger partial charge on any atom is 0.408 e. The molecule has 0 saturated heterocycles. The number of carbonyl (C=O) groups is 8. The summed E-state index contributed by atoms with van der Waals surface area (Å²) in [7, 11) is 1.57. The summed E-state index contributed by atoms with van der Waals surface area (Å²) in [5.74, 6) is -4.75. The third-order valence-electron chi connectivity index (χ3n) is 10.1. The van der Waals surface area contributed by atoms with Crippen LogP contribution < -0.4 is 32.3 Å². The Bertz CT molecular complexity index is 1390. The van der Waals surface area contributed by atoms with Gasteiger partial charge in [0.25, 0.3) is 5.91 Å². The van der Waals surface area contributed by atoms with E-state index in [2.05, 4.69) is 31.3 Å². The first kappa shape index (κ1) is 62.7. The van der Waals surface area contributed by atoms with Gasteiger partial charge in [-0.1, -0.05) is 72.6 Å². The van der Waals surface area contributed by atoms with Gasteiger partial charge in [0.15, 0.2) is 23.8 Å². The number of esters is 4. The summed E-state index contributed by atoms with van der Waals surface area (Å²) in [6.45, 7) is 11.3. The van der Waals surface area contributed by atoms with Gasteiger partial charge < -0.3 is 59.7 Å². The van der Waals surface area contributed by atoms with E-state index in [4.69, 9.17) is 34.2 Å². The highest BCUT2D eigenvalue weighted by atomic mass is 16.6. The van der Waals surface area contributed by atoms with E-state index >= 15 is 0 Å². The molecule has 21 nitrogen and oxygen atoms in total. The lowest BCUT2D eigenvalue weighted by Gasteiger charge is -2.35. The van der Waals surface area contributed by atoms with Crippen molar-refractivity contribution >= 4 is 47.4 Å². The highest BCUT2D eigenvalue weighted by molar-refractivity contribution is 5.88. The van der Waals surface area contributed by atoms with Crippen molar-refractivity contribution in [3.05, 3.63) is 0 Å². The number of hydrogen-bond acceptors (Lipinski definition) is 19. The molecule has 4 atom stereocenters. The molecule has 2 amide bonds. The van der Waals surface area contributed by atoms with Gasteiger partial charge >= 0.3 is 30.0 Å². The SMILES string of the molecule is CCC(=O)OC(C(=O)CCCNCCNCCNCCCC(=O)COCCOC)C(OC(=O)CC)C(OC(=O)CC)C(OC(=O)CC)C(=O)NCCCCCCCCCCCNC(=O)OCN. The Hall–Kier alpha value is -4.28. The number of rotatable bonds is 45. The van der Waals surface area contributed by atoms with E-state index in [-0.39, 0.29) is 57.8 Å². The van der Waals surface area contributed by atoms with Gasteiger partial charge in [0.1, 0.15) is 13.3 Å². The van der Waals surface area contributed by atoms with Crippen LogP contribution in [-0.4, -0.2) is 158 Å². The van der Waals surface area contributed by atoms with Crippen molar-refractivity contribution in [3.63, 3.8) is 0 Å². The van der Waals surface area contributed by atoms with Crippen LogP contribution in [0.2, 0.25) is 0 Å². The minimum absolute atomic E-state index is 0.0526. The summed E-state index contributed by atoms with van der Waals surface area (Å²) in [4.78, 5) is 102. The zero-order chi connectivity index (χ0) is 49.9. The zero-order valence-corrected chi connectivity index (χ0v) is 41.0. The van der Waals surface area contributed by atoms with Gasteiger partial charge in [-0.25, -0.2) is 4.79 Å². The second-order valence-electron chi connectivity index (χ2n) is 15.6. The molecule has 0 bridgehead atoms. The molecule has 0 aromatic carbocycles. The minimum Gasteiger partial charge on any atom is -0.454 e. The molecule has 0 aliphatic carbocycles. The van der Waals surface area contributed by atoms with Crippen molar-refractivity contribution < 1.29 is 71.5 Å². The third-order valence-corrected chi connectivity index (χ3v) is 10.1. The first-order chi connectivity index (χ1) is 32.4. The molecule has 0 aromatic rings. The lowest BCUT2D eigenvalue weighted by atomic mass is 9.96. The fraction of sp³-hybridized carbons (Fsp3) is 0.826. The van der Waals surface area contributed by atoms with E-state index in [0.29, 0.717) is 84.7 Å². The number of Topliss-reactive ketones (excluding diaryl/α,β-unsaturated/α-hetero) is 2. The molecule has 4 unspecified atom stereocenters. The summed E-state index contributed by atoms with van der Waals surface area (Å²) >= 11 is 0. The second-order valence-corrected chi connectivity index (χ2v) is 15.6. The Balaban J connectivity index is 5.45. The number of nitrogens with one attached hydrogen (secondary N) is 5. The fourth-order valence-corrected chi connectivity index (χ4v) is 6.29. The summed E-state index contributed by atoms with van der Waals surface area (Å²) in [6, 6.07) is 0. The molecule has 0 aliphatic rings. The topological polar surface area (TPSA) is 287 Å². The first-order valence-corrected chi connectivity index (χ1v) is 24.3. The normalized spacial score (nSPS) is 12.8. The lowest BCUT2D eigenvalue weighted by molar-refractivity contribution is -0.202. The molecule has 7 N–H and O–H groups in total. The van der Waals surface area contributed by atoms with E-state index in [9.17, 15) is 38.4 Å². The Kier molecular flexibility index (Phi) is 40.3. The van der Waals surface area contributed by atoms with Gasteiger partial charge in [-0.3, -0.25) is 39.3 Å². The number of ketones is 2. The smallest absolute Gasteiger partial charge is 0.408 e. The summed E-state index contributed by atoms with van der Waals surface area (Å²) in [5.41, 5.74) is 5.17. The highest BCUT2D eigenvalue weighted by Crippen LogP contribution is 2.23. The average molecular weight is 961 g/mol. The monoisotopic (exact) mass is 961 g/mol. The zero-order valence-electron chi connectivity index (χ0n) is 41.0. The quantitative estimate of drug-likeness (QED) is 0.0221. The molecule has 0 heterocycles. The number of carbonyl (C=O) groups excluding carboxylic acids is 8. The Morgan fingerprint density at radius 2 is 0.910 bits per heavy atom. The summed E-state index contributed by atoms with van der Waals surface area (Å²) < 4.78 is 37.3. The standard InChI is InChI=1S/C46H84N6O15/c1-6-37(55)64-41(36(54)22-20-24-49-28-30-50-29-27-48-23-19-21-35(53)33-62-32-31-61-5)42(65-38(56)7-2)43(66-39(57)8-3)44(67-40(58)9-4)45(59)51-25-17-15-13-11-10-12-14-16-18-26-52-46(60)63-34-47/h41-44,48-50H,6-34,47H2,1-5H3,(H,51,59)(H,52,60). The van der Waals surface area contributed by atoms with Crippen LogP contribution in [0.25, 0.3) is 0 Å². The minimum atomic E-state index is -1.86. The molecule has 388 valence electrons. The van der Waals surface area contributed by atoms with Crippen LogP contribution in [0.4, 0.5) is 4.79 Å². The molecule has 0 radical (unpaired) electrons. The van der Waals surface area contributed by atoms with Crippen LogP contribution in [0, 0.1) is 0 Å². The van der Waals surface area contributed by atoms with Gasteiger partial charge in [-0.2, -0.15) is 0 Å². The van der Waals surface area contributed by atoms with Gasteiger partial charge in [-0.15, -0.1) is 0 Å². The molecule has 0 aliphatic heterocycles. The molecular weight excluding hydrogens is 877 g/mol. The van der Waals surface area contributed by atoms with E-state index in [1.165, 1.54) is 27.7 Å². The van der Waals surface area contributed by atoms with Crippen LogP contribution in [-0.2, 0) is 66.7 Å². The van der Waals surface area contributed by atoms with E-state index < -0.39 is 66.1 Å². The number of alkyl carbamates (subject to hydrolysis) is 1. The maximum absolute atomic E-state index is 14.0. The Morgan fingerprint density at radius 3 is 1.40 bits per heavy atom. The maximum atomic E-state index is 14.0. The molecule has 21 heteroatoms. The largest absolute Gasteiger partial charge is 0.454 e. The molecule has 0 spiro atoms. The molecule has 0 saturated carbocycles. The third kappa shape index (κ3) is 33.8. The van der Waals surface area contributed by atoms with Crippen LogP contribution in [0.1, 0.15) is 137 Å². The van der Waals surface area contributed by atoms with Gasteiger partial charge in [-0.05, 0) is 38.8 Å². The van der Waals surface area contributed by atoms with E-state index in [1.807, 2.05) is 0 Å². The number of ether oxygens (including phenoxy) is 7. The highest BCUT2D eigenvalue weighted by Gasteiger charge is 2.49. The van der Waals surface area contributed by atoms with E-state index in [0.717, 1.165) is 51.4 Å².